The topological polar surface area (TPSA) is 8.17 Å². The van der Waals surface area contributed by atoms with Crippen LogP contribution in [-0.4, -0.2) is 4.57 Å². The van der Waals surface area contributed by atoms with Gasteiger partial charge in [0.15, 0.2) is 0 Å². The first-order valence-corrected chi connectivity index (χ1v) is 18.0. The predicted molar refractivity (Wildman–Crippen MR) is 217 cm³/mol. The zero-order valence-corrected chi connectivity index (χ0v) is 30.0. The van der Waals surface area contributed by atoms with Gasteiger partial charge < -0.3 is 9.47 Å². The smallest absolute Gasteiger partial charge is 0.0543 e. The predicted octanol–water partition coefficient (Wildman–Crippen LogP) is 13.1. The highest BCUT2D eigenvalue weighted by molar-refractivity contribution is 6.11. The number of aromatic nitrogens is 1. The Morgan fingerprint density at radius 3 is 1.98 bits per heavy atom. The van der Waals surface area contributed by atoms with E-state index in [1.807, 2.05) is 0 Å². The van der Waals surface area contributed by atoms with Crippen molar-refractivity contribution in [2.75, 3.05) is 4.90 Å². The van der Waals surface area contributed by atoms with Crippen LogP contribution in [0.4, 0.5) is 11.4 Å². The number of nitrogens with zero attached hydrogens (tertiary/aromatic N) is 2. The van der Waals surface area contributed by atoms with Gasteiger partial charge in [-0.25, -0.2) is 0 Å². The molecular formula is C49H42N2. The summed E-state index contributed by atoms with van der Waals surface area (Å²) in [5.74, 6) is 0. The van der Waals surface area contributed by atoms with Crippen LogP contribution in [0.25, 0.3) is 44.2 Å². The zero-order chi connectivity index (χ0) is 35.1. The molecule has 2 aliphatic carbocycles. The standard InChI is InChI=1S/C49H42N2/c1-7-33(31-43-32(2)36-20-11-14-23-40(36)49(43,5)6)50(46-27-17-25-42-47(46)38-22-12-15-24-41(38)48(42,3)4)35-28-29-45-39(30-35)37-21-13-16-26-44(37)51(45)34-18-9-8-10-19-34/h7-31H,2H2,1,3-6H3/b33-7+,43-31+. The summed E-state index contributed by atoms with van der Waals surface area (Å²) in [7, 11) is 0. The van der Waals surface area contributed by atoms with E-state index < -0.39 is 0 Å². The highest BCUT2D eigenvalue weighted by Crippen LogP contribution is 2.55. The maximum atomic E-state index is 4.66. The Labute approximate surface area is 301 Å². The molecular weight excluding hydrogens is 617 g/mol. The fraction of sp³-hybridized carbons (Fsp3) is 0.143. The zero-order valence-electron chi connectivity index (χ0n) is 30.0. The van der Waals surface area contributed by atoms with Crippen LogP contribution in [0.5, 0.6) is 0 Å². The highest BCUT2D eigenvalue weighted by atomic mass is 15.2. The van der Waals surface area contributed by atoms with Gasteiger partial charge in [0.05, 0.1) is 16.7 Å². The normalized spacial score (nSPS) is 16.5. The molecule has 9 rings (SSSR count). The quantitative estimate of drug-likeness (QED) is 0.179. The van der Waals surface area contributed by atoms with Gasteiger partial charge in [-0.05, 0) is 94.4 Å². The molecule has 0 unspecified atom stereocenters. The van der Waals surface area contributed by atoms with Gasteiger partial charge in [0.2, 0.25) is 0 Å². The van der Waals surface area contributed by atoms with Gasteiger partial charge in [0.25, 0.3) is 0 Å². The molecule has 51 heavy (non-hydrogen) atoms. The van der Waals surface area contributed by atoms with Crippen LogP contribution in [0.3, 0.4) is 0 Å². The van der Waals surface area contributed by atoms with E-state index in [9.17, 15) is 0 Å². The van der Waals surface area contributed by atoms with Crippen molar-refractivity contribution in [2.45, 2.75) is 45.4 Å². The van der Waals surface area contributed by atoms with E-state index in [0.29, 0.717) is 0 Å². The second kappa shape index (κ2) is 11.3. The molecule has 2 nitrogen and oxygen atoms in total. The molecule has 0 N–H and O–H groups in total. The van der Waals surface area contributed by atoms with Gasteiger partial charge in [-0.15, -0.1) is 0 Å². The molecule has 1 heterocycles. The van der Waals surface area contributed by atoms with Crippen molar-refractivity contribution in [1.82, 2.24) is 4.57 Å². The number of benzene rings is 6. The lowest BCUT2D eigenvalue weighted by molar-refractivity contribution is 0.660. The Hall–Kier alpha value is -5.86. The molecule has 1 aromatic heterocycles. The van der Waals surface area contributed by atoms with E-state index >= 15 is 0 Å². The van der Waals surface area contributed by atoms with Crippen molar-refractivity contribution in [3.8, 4) is 16.8 Å². The summed E-state index contributed by atoms with van der Waals surface area (Å²) < 4.78 is 2.39. The van der Waals surface area contributed by atoms with Crippen molar-refractivity contribution in [1.29, 1.82) is 0 Å². The molecule has 0 spiro atoms. The molecule has 2 heteroatoms. The summed E-state index contributed by atoms with van der Waals surface area (Å²) in [4.78, 5) is 2.49. The third-order valence-electron chi connectivity index (χ3n) is 11.5. The maximum absolute atomic E-state index is 4.66. The Bertz CT molecular complexity index is 2610. The number of hydrogen-bond donors (Lipinski definition) is 0. The van der Waals surface area contributed by atoms with Crippen molar-refractivity contribution < 1.29 is 0 Å². The first-order chi connectivity index (χ1) is 24.7. The number of fused-ring (bicyclic) bond motifs is 7. The van der Waals surface area contributed by atoms with E-state index in [0.717, 1.165) is 22.6 Å². The Balaban J connectivity index is 1.32. The lowest BCUT2D eigenvalue weighted by Crippen LogP contribution is -2.20. The molecule has 0 fully saturated rings. The van der Waals surface area contributed by atoms with E-state index in [2.05, 4.69) is 202 Å². The summed E-state index contributed by atoms with van der Waals surface area (Å²) in [6.07, 6.45) is 4.66. The lowest BCUT2D eigenvalue weighted by atomic mass is 9.81. The van der Waals surface area contributed by atoms with Gasteiger partial charge in [-0.2, -0.15) is 0 Å². The van der Waals surface area contributed by atoms with Gasteiger partial charge in [0, 0.05) is 44.2 Å². The highest BCUT2D eigenvalue weighted by Gasteiger charge is 2.39. The molecule has 0 amide bonds. The Morgan fingerprint density at radius 1 is 0.608 bits per heavy atom. The van der Waals surface area contributed by atoms with Crippen LogP contribution in [-0.2, 0) is 10.8 Å². The fourth-order valence-corrected chi connectivity index (χ4v) is 8.96. The molecule has 0 radical (unpaired) electrons. The third-order valence-corrected chi connectivity index (χ3v) is 11.5. The number of hydrogen-bond acceptors (Lipinski definition) is 1. The summed E-state index contributed by atoms with van der Waals surface area (Å²) in [6, 6.07) is 51.0. The summed E-state index contributed by atoms with van der Waals surface area (Å²) in [6.45, 7) is 16.2. The average molecular weight is 659 g/mol. The molecule has 0 bridgehead atoms. The van der Waals surface area contributed by atoms with Crippen LogP contribution in [0.2, 0.25) is 0 Å². The third kappa shape index (κ3) is 4.49. The van der Waals surface area contributed by atoms with Gasteiger partial charge in [-0.3, -0.25) is 0 Å². The first kappa shape index (κ1) is 31.1. The molecule has 0 saturated carbocycles. The summed E-state index contributed by atoms with van der Waals surface area (Å²) in [5.41, 5.74) is 16.9. The van der Waals surface area contributed by atoms with E-state index in [-0.39, 0.29) is 10.8 Å². The molecule has 248 valence electrons. The second-order valence-corrected chi connectivity index (χ2v) is 15.0. The van der Waals surface area contributed by atoms with Crippen molar-refractivity contribution in [3.05, 3.63) is 192 Å². The average Bonchev–Trinajstić information content (AvgIpc) is 3.68. The molecule has 7 aromatic rings. The minimum Gasteiger partial charge on any atom is -0.310 e. The summed E-state index contributed by atoms with van der Waals surface area (Å²) >= 11 is 0. The Kier molecular flexibility index (Phi) is 6.92. The second-order valence-electron chi connectivity index (χ2n) is 15.0. The Morgan fingerprint density at radius 2 is 1.24 bits per heavy atom. The van der Waals surface area contributed by atoms with Crippen molar-refractivity contribution in [3.63, 3.8) is 0 Å². The minimum absolute atomic E-state index is 0.113. The molecule has 0 atom stereocenters. The maximum Gasteiger partial charge on any atom is 0.0543 e. The number of anilines is 2. The largest absolute Gasteiger partial charge is 0.310 e. The van der Waals surface area contributed by atoms with E-state index in [4.69, 9.17) is 0 Å². The molecule has 2 aliphatic rings. The fourth-order valence-electron chi connectivity index (χ4n) is 8.96. The van der Waals surface area contributed by atoms with Crippen LogP contribution in [0, 0.1) is 0 Å². The SMILES string of the molecule is C=C1/C(=C\C(=C/C)N(c2ccc3c(c2)c2ccccc2n3-c2ccccc2)c2cccc3c2-c2ccccc2C3(C)C)C(C)(C)c2ccccc21. The molecule has 6 aromatic carbocycles. The molecule has 0 saturated heterocycles. The van der Waals surface area contributed by atoms with Crippen molar-refractivity contribution >= 4 is 38.8 Å². The van der Waals surface area contributed by atoms with E-state index in [1.165, 1.54) is 66.4 Å². The minimum atomic E-state index is -0.187. The van der Waals surface area contributed by atoms with Gasteiger partial charge >= 0.3 is 0 Å². The summed E-state index contributed by atoms with van der Waals surface area (Å²) in [5, 5.41) is 2.47. The van der Waals surface area contributed by atoms with Crippen LogP contribution < -0.4 is 4.90 Å². The molecule has 0 aliphatic heterocycles. The number of rotatable bonds is 5. The monoisotopic (exact) mass is 658 g/mol. The van der Waals surface area contributed by atoms with Crippen LogP contribution in [0.15, 0.2) is 170 Å². The van der Waals surface area contributed by atoms with Gasteiger partial charge in [-0.1, -0.05) is 137 Å². The van der Waals surface area contributed by atoms with Crippen LogP contribution >= 0.6 is 0 Å². The van der Waals surface area contributed by atoms with Gasteiger partial charge in [0.1, 0.15) is 0 Å². The first-order valence-electron chi connectivity index (χ1n) is 18.0. The lowest BCUT2D eigenvalue weighted by Gasteiger charge is -2.31. The van der Waals surface area contributed by atoms with Crippen LogP contribution in [0.1, 0.15) is 56.9 Å². The van der Waals surface area contributed by atoms with Crippen molar-refractivity contribution in [2.24, 2.45) is 0 Å². The number of para-hydroxylation sites is 2. The number of allylic oxidation sites excluding steroid dienone is 4. The van der Waals surface area contributed by atoms with E-state index in [1.54, 1.807) is 0 Å².